The molecule has 0 spiro atoms. The van der Waals surface area contributed by atoms with E-state index in [1.165, 1.54) is 11.4 Å². The summed E-state index contributed by atoms with van der Waals surface area (Å²) < 4.78 is 27.2. The standard InChI is InChI=1S/C16H18N2O4S2/c19-16(20)13-8-15(23-11-13)24(21,22)17-9-12-6-7-18(10-12)14-4-2-1-3-5-14/h1-5,8,11-12,17H,6-7,9-10H2,(H,19,20). The molecule has 2 N–H and O–H groups in total. The quantitative estimate of drug-likeness (QED) is 0.819. The summed E-state index contributed by atoms with van der Waals surface area (Å²) in [5, 5.41) is 10.2. The van der Waals surface area contributed by atoms with Gasteiger partial charge in [0.25, 0.3) is 0 Å². The van der Waals surface area contributed by atoms with E-state index in [0.29, 0.717) is 6.54 Å². The number of hydrogen-bond acceptors (Lipinski definition) is 5. The zero-order chi connectivity index (χ0) is 17.2. The van der Waals surface area contributed by atoms with Gasteiger partial charge in [0.2, 0.25) is 10.0 Å². The lowest BCUT2D eigenvalue weighted by Crippen LogP contribution is -2.30. The molecule has 0 bridgehead atoms. The summed E-state index contributed by atoms with van der Waals surface area (Å²) in [5.41, 5.74) is 1.14. The van der Waals surface area contributed by atoms with Crippen LogP contribution in [0.15, 0.2) is 46.0 Å². The molecule has 6 nitrogen and oxygen atoms in total. The molecular formula is C16H18N2O4S2. The Kier molecular flexibility index (Phi) is 4.88. The van der Waals surface area contributed by atoms with E-state index in [1.807, 2.05) is 30.3 Å². The molecule has 1 unspecified atom stereocenters. The minimum Gasteiger partial charge on any atom is -0.478 e. The molecule has 128 valence electrons. The summed E-state index contributed by atoms with van der Waals surface area (Å²) in [4.78, 5) is 13.1. The van der Waals surface area contributed by atoms with Crippen LogP contribution in [0.5, 0.6) is 0 Å². The highest BCUT2D eigenvalue weighted by Gasteiger charge is 2.25. The van der Waals surface area contributed by atoms with Gasteiger partial charge in [-0.1, -0.05) is 18.2 Å². The van der Waals surface area contributed by atoms with E-state index in [2.05, 4.69) is 9.62 Å². The maximum absolute atomic E-state index is 12.3. The number of para-hydroxylation sites is 1. The summed E-state index contributed by atoms with van der Waals surface area (Å²) in [6, 6.07) is 11.2. The van der Waals surface area contributed by atoms with Crippen LogP contribution in [0.2, 0.25) is 0 Å². The lowest BCUT2D eigenvalue weighted by atomic mass is 10.1. The number of nitrogens with one attached hydrogen (secondary N) is 1. The average molecular weight is 366 g/mol. The van der Waals surface area contributed by atoms with Gasteiger partial charge in [0.05, 0.1) is 5.56 Å². The lowest BCUT2D eigenvalue weighted by molar-refractivity contribution is 0.0697. The normalized spacial score (nSPS) is 18.0. The number of carbonyl (C=O) groups is 1. The van der Waals surface area contributed by atoms with Crippen LogP contribution in [0.25, 0.3) is 0 Å². The van der Waals surface area contributed by atoms with Gasteiger partial charge in [-0.05, 0) is 30.5 Å². The molecule has 1 aliphatic rings. The van der Waals surface area contributed by atoms with E-state index in [1.54, 1.807) is 0 Å². The number of sulfonamides is 1. The molecule has 2 heterocycles. The largest absolute Gasteiger partial charge is 0.478 e. The Hall–Kier alpha value is -1.90. The summed E-state index contributed by atoms with van der Waals surface area (Å²) in [6.45, 7) is 2.06. The van der Waals surface area contributed by atoms with Crippen molar-refractivity contribution in [3.05, 3.63) is 47.3 Å². The zero-order valence-corrected chi connectivity index (χ0v) is 14.5. The Bertz CT molecular complexity index is 818. The highest BCUT2D eigenvalue weighted by molar-refractivity contribution is 7.91. The molecule has 0 aliphatic carbocycles. The number of nitrogens with zero attached hydrogens (tertiary/aromatic N) is 1. The molecular weight excluding hydrogens is 348 g/mol. The number of benzene rings is 1. The predicted molar refractivity (Wildman–Crippen MR) is 93.2 cm³/mol. The van der Waals surface area contributed by atoms with Crippen molar-refractivity contribution in [2.24, 2.45) is 5.92 Å². The van der Waals surface area contributed by atoms with Gasteiger partial charge < -0.3 is 10.0 Å². The van der Waals surface area contributed by atoms with Crippen LogP contribution in [-0.4, -0.2) is 39.1 Å². The van der Waals surface area contributed by atoms with E-state index < -0.39 is 16.0 Å². The number of carboxylic acids is 1. The number of rotatable bonds is 6. The van der Waals surface area contributed by atoms with Crippen LogP contribution in [0.4, 0.5) is 5.69 Å². The second-order valence-electron chi connectivity index (χ2n) is 5.75. The molecule has 0 amide bonds. The van der Waals surface area contributed by atoms with Gasteiger partial charge in [0, 0.05) is 30.7 Å². The van der Waals surface area contributed by atoms with Gasteiger partial charge in [-0.15, -0.1) is 11.3 Å². The Balaban J connectivity index is 1.58. The van der Waals surface area contributed by atoms with Crippen molar-refractivity contribution >= 4 is 33.0 Å². The molecule has 8 heteroatoms. The fourth-order valence-electron chi connectivity index (χ4n) is 2.74. The minimum absolute atomic E-state index is 0.00325. The third kappa shape index (κ3) is 3.77. The van der Waals surface area contributed by atoms with E-state index in [4.69, 9.17) is 5.11 Å². The first-order chi connectivity index (χ1) is 11.5. The van der Waals surface area contributed by atoms with Gasteiger partial charge >= 0.3 is 5.97 Å². The Morgan fingerprint density at radius 1 is 1.33 bits per heavy atom. The molecule has 1 aromatic heterocycles. The van der Waals surface area contributed by atoms with E-state index in [0.717, 1.165) is 36.5 Å². The van der Waals surface area contributed by atoms with E-state index >= 15 is 0 Å². The highest BCUT2D eigenvalue weighted by atomic mass is 32.2. The van der Waals surface area contributed by atoms with Crippen LogP contribution >= 0.6 is 11.3 Å². The first kappa shape index (κ1) is 16.9. The lowest BCUT2D eigenvalue weighted by Gasteiger charge is -2.18. The van der Waals surface area contributed by atoms with Crippen molar-refractivity contribution in [3.63, 3.8) is 0 Å². The fourth-order valence-corrected chi connectivity index (χ4v) is 5.06. The fraction of sp³-hybridized carbons (Fsp3) is 0.312. The molecule has 1 aliphatic heterocycles. The van der Waals surface area contributed by atoms with Crippen molar-refractivity contribution in [3.8, 4) is 0 Å². The minimum atomic E-state index is -3.66. The average Bonchev–Trinajstić information content (AvgIpc) is 3.24. The highest BCUT2D eigenvalue weighted by Crippen LogP contribution is 2.24. The molecule has 1 saturated heterocycles. The first-order valence-corrected chi connectivity index (χ1v) is 9.93. The SMILES string of the molecule is O=C(O)c1csc(S(=O)(=O)NCC2CCN(c3ccccc3)C2)c1. The smallest absolute Gasteiger partial charge is 0.336 e. The van der Waals surface area contributed by atoms with E-state index in [9.17, 15) is 13.2 Å². The molecule has 0 radical (unpaired) electrons. The maximum atomic E-state index is 12.3. The Labute approximate surface area is 144 Å². The summed E-state index contributed by atoms with van der Waals surface area (Å²) in [5.74, 6) is -0.888. The molecule has 24 heavy (non-hydrogen) atoms. The first-order valence-electron chi connectivity index (χ1n) is 7.57. The summed E-state index contributed by atoms with van der Waals surface area (Å²) >= 11 is 0.923. The van der Waals surface area contributed by atoms with Crippen LogP contribution in [0.1, 0.15) is 16.8 Å². The topological polar surface area (TPSA) is 86.7 Å². The van der Waals surface area contributed by atoms with E-state index in [-0.39, 0.29) is 15.7 Å². The number of aromatic carboxylic acids is 1. The van der Waals surface area contributed by atoms with Crippen molar-refractivity contribution in [2.75, 3.05) is 24.5 Å². The van der Waals surface area contributed by atoms with Gasteiger partial charge in [-0.25, -0.2) is 17.9 Å². The van der Waals surface area contributed by atoms with Gasteiger partial charge in [0.15, 0.2) is 0 Å². The van der Waals surface area contributed by atoms with Crippen molar-refractivity contribution in [1.29, 1.82) is 0 Å². The second-order valence-corrected chi connectivity index (χ2v) is 8.65. The van der Waals surface area contributed by atoms with Crippen LogP contribution in [0.3, 0.4) is 0 Å². The molecule has 1 aromatic carbocycles. The van der Waals surface area contributed by atoms with Crippen molar-refractivity contribution < 1.29 is 18.3 Å². The summed E-state index contributed by atoms with van der Waals surface area (Å²) in [6.07, 6.45) is 0.919. The van der Waals surface area contributed by atoms with Crippen molar-refractivity contribution in [1.82, 2.24) is 4.72 Å². The Morgan fingerprint density at radius 3 is 2.75 bits per heavy atom. The van der Waals surface area contributed by atoms with Gasteiger partial charge in [-0.2, -0.15) is 0 Å². The third-order valence-electron chi connectivity index (χ3n) is 4.06. The van der Waals surface area contributed by atoms with Gasteiger partial charge in [0.1, 0.15) is 4.21 Å². The summed E-state index contributed by atoms with van der Waals surface area (Å²) in [7, 11) is -3.66. The Morgan fingerprint density at radius 2 is 2.08 bits per heavy atom. The number of carboxylic acid groups (broad SMARTS) is 1. The molecule has 1 atom stereocenters. The third-order valence-corrected chi connectivity index (χ3v) is 6.92. The van der Waals surface area contributed by atoms with Gasteiger partial charge in [-0.3, -0.25) is 0 Å². The second kappa shape index (κ2) is 6.92. The van der Waals surface area contributed by atoms with Crippen LogP contribution < -0.4 is 9.62 Å². The molecule has 0 saturated carbocycles. The van der Waals surface area contributed by atoms with Crippen LogP contribution in [0, 0.1) is 5.92 Å². The maximum Gasteiger partial charge on any atom is 0.336 e. The number of thiophene rings is 1. The predicted octanol–water partition coefficient (Wildman–Crippen LogP) is 2.25. The zero-order valence-electron chi connectivity index (χ0n) is 12.9. The number of anilines is 1. The monoisotopic (exact) mass is 366 g/mol. The molecule has 2 aromatic rings. The van der Waals surface area contributed by atoms with Crippen LogP contribution in [-0.2, 0) is 10.0 Å². The number of hydrogen-bond donors (Lipinski definition) is 2. The molecule has 1 fully saturated rings. The van der Waals surface area contributed by atoms with Crippen molar-refractivity contribution in [2.45, 2.75) is 10.6 Å². The molecule has 3 rings (SSSR count).